The molecular formula is C20H16F6N2O5. The van der Waals surface area contributed by atoms with E-state index in [1.165, 1.54) is 11.2 Å². The van der Waals surface area contributed by atoms with Crippen LogP contribution in [-0.4, -0.2) is 35.8 Å². The molecule has 0 spiro atoms. The van der Waals surface area contributed by atoms with E-state index in [2.05, 4.69) is 0 Å². The second kappa shape index (κ2) is 9.16. The summed E-state index contributed by atoms with van der Waals surface area (Å²) in [6.07, 6.45) is -8.92. The van der Waals surface area contributed by atoms with Crippen LogP contribution in [-0.2, 0) is 38.0 Å². The first kappa shape index (κ1) is 24.1. The zero-order chi connectivity index (χ0) is 24.4. The monoisotopic (exact) mass is 478 g/mol. The number of hydrogen-bond acceptors (Lipinski definition) is 5. The number of hydrogen-bond donors (Lipinski definition) is 1. The molecule has 0 bridgehead atoms. The highest BCUT2D eigenvalue weighted by Gasteiger charge is 2.38. The van der Waals surface area contributed by atoms with E-state index in [0.29, 0.717) is 17.9 Å². The lowest BCUT2D eigenvalue weighted by Crippen LogP contribution is -2.28. The Labute approximate surface area is 182 Å². The molecule has 2 amide bonds. The first-order chi connectivity index (χ1) is 15.3. The van der Waals surface area contributed by atoms with Gasteiger partial charge in [-0.05, 0) is 30.3 Å². The van der Waals surface area contributed by atoms with Gasteiger partial charge in [0.1, 0.15) is 5.76 Å². The summed E-state index contributed by atoms with van der Waals surface area (Å²) in [4.78, 5) is 37.5. The van der Waals surface area contributed by atoms with E-state index in [1.807, 2.05) is 5.32 Å². The maximum Gasteiger partial charge on any atom is 0.416 e. The van der Waals surface area contributed by atoms with Crippen molar-refractivity contribution in [2.75, 3.05) is 18.5 Å². The largest absolute Gasteiger partial charge is 0.467 e. The minimum absolute atomic E-state index is 0.00254. The summed E-state index contributed by atoms with van der Waals surface area (Å²) >= 11 is 0. The first-order valence-electron chi connectivity index (χ1n) is 9.39. The Bertz CT molecular complexity index is 1000. The third-order valence-electron chi connectivity index (χ3n) is 4.69. The fourth-order valence-corrected chi connectivity index (χ4v) is 3.15. The summed E-state index contributed by atoms with van der Waals surface area (Å²) < 4.78 is 87.3. The second-order valence-electron chi connectivity index (χ2n) is 7.21. The number of esters is 1. The summed E-state index contributed by atoms with van der Waals surface area (Å²) in [6.45, 7) is -0.824. The van der Waals surface area contributed by atoms with Crippen molar-refractivity contribution in [3.63, 3.8) is 0 Å². The SMILES string of the molecule is O=C(COC(=O)C1CC(=O)N(Cc2ccco2)C1)Nc1cc(C(F)(F)F)cc(C(F)(F)F)c1. The number of anilines is 1. The van der Waals surface area contributed by atoms with Crippen molar-refractivity contribution < 1.29 is 49.9 Å². The molecule has 1 atom stereocenters. The Morgan fingerprint density at radius 2 is 1.73 bits per heavy atom. The number of furan rings is 1. The van der Waals surface area contributed by atoms with Crippen LogP contribution < -0.4 is 5.32 Å². The highest BCUT2D eigenvalue weighted by Crippen LogP contribution is 2.37. The number of carbonyl (C=O) groups excluding carboxylic acids is 3. The highest BCUT2D eigenvalue weighted by atomic mass is 19.4. The molecule has 1 aromatic carbocycles. The Morgan fingerprint density at radius 1 is 1.09 bits per heavy atom. The van der Waals surface area contributed by atoms with Gasteiger partial charge in [-0.1, -0.05) is 0 Å². The van der Waals surface area contributed by atoms with Gasteiger partial charge in [0, 0.05) is 18.7 Å². The summed E-state index contributed by atoms with van der Waals surface area (Å²) in [5, 5.41) is 1.85. The first-order valence-corrected chi connectivity index (χ1v) is 9.39. The highest BCUT2D eigenvalue weighted by molar-refractivity contribution is 5.94. The smallest absolute Gasteiger partial charge is 0.416 e. The van der Waals surface area contributed by atoms with Crippen LogP contribution in [0, 0.1) is 5.92 Å². The standard InChI is InChI=1S/C20H16F6N2O5/c21-19(22,23)12-5-13(20(24,25)26)7-14(6-12)27-16(29)10-33-18(31)11-4-17(30)28(8-11)9-15-2-1-3-32-15/h1-3,5-7,11H,4,8-10H2,(H,27,29). The molecule has 1 aromatic heterocycles. The predicted molar refractivity (Wildman–Crippen MR) is 98.3 cm³/mol. The second-order valence-corrected chi connectivity index (χ2v) is 7.21. The quantitative estimate of drug-likeness (QED) is 0.504. The van der Waals surface area contributed by atoms with Crippen LogP contribution in [0.15, 0.2) is 41.0 Å². The fourth-order valence-electron chi connectivity index (χ4n) is 3.15. The number of ether oxygens (including phenoxy) is 1. The van der Waals surface area contributed by atoms with Crippen molar-refractivity contribution in [3.8, 4) is 0 Å². The van der Waals surface area contributed by atoms with Gasteiger partial charge in [-0.3, -0.25) is 14.4 Å². The van der Waals surface area contributed by atoms with Crippen LogP contribution in [0.3, 0.4) is 0 Å². The Kier molecular flexibility index (Phi) is 6.70. The lowest BCUT2D eigenvalue weighted by molar-refractivity contribution is -0.151. The van der Waals surface area contributed by atoms with Gasteiger partial charge >= 0.3 is 18.3 Å². The van der Waals surface area contributed by atoms with Crippen molar-refractivity contribution in [2.24, 2.45) is 5.92 Å². The summed E-state index contributed by atoms with van der Waals surface area (Å²) in [5.41, 5.74) is -3.98. The summed E-state index contributed by atoms with van der Waals surface area (Å²) in [5.74, 6) is -2.78. The summed E-state index contributed by atoms with van der Waals surface area (Å²) in [7, 11) is 0. The van der Waals surface area contributed by atoms with Crippen molar-refractivity contribution in [2.45, 2.75) is 25.3 Å². The molecule has 1 fully saturated rings. The number of nitrogens with one attached hydrogen (secondary N) is 1. The Balaban J connectivity index is 1.58. The van der Waals surface area contributed by atoms with Crippen LogP contribution in [0.4, 0.5) is 32.0 Å². The predicted octanol–water partition coefficient (Wildman–Crippen LogP) is 3.85. The molecule has 3 rings (SSSR count). The number of likely N-dealkylation sites (tertiary alicyclic amines) is 1. The average Bonchev–Trinajstić information content (AvgIpc) is 3.35. The van der Waals surface area contributed by atoms with Gasteiger partial charge in [0.15, 0.2) is 6.61 Å². The van der Waals surface area contributed by atoms with E-state index in [4.69, 9.17) is 9.15 Å². The van der Waals surface area contributed by atoms with E-state index in [0.717, 1.165) is 0 Å². The molecule has 13 heteroatoms. The molecule has 33 heavy (non-hydrogen) atoms. The molecule has 1 unspecified atom stereocenters. The average molecular weight is 478 g/mol. The van der Waals surface area contributed by atoms with Gasteiger partial charge < -0.3 is 19.4 Å². The molecule has 2 heterocycles. The Hall–Kier alpha value is -3.51. The van der Waals surface area contributed by atoms with Gasteiger partial charge in [-0.15, -0.1) is 0 Å². The molecule has 1 N–H and O–H groups in total. The number of benzene rings is 1. The van der Waals surface area contributed by atoms with Crippen LogP contribution in [0.1, 0.15) is 23.3 Å². The lowest BCUT2D eigenvalue weighted by atomic mass is 10.1. The molecule has 1 saturated heterocycles. The molecule has 2 aromatic rings. The third-order valence-corrected chi connectivity index (χ3v) is 4.69. The van der Waals surface area contributed by atoms with Crippen LogP contribution in [0.25, 0.3) is 0 Å². The molecule has 7 nitrogen and oxygen atoms in total. The van der Waals surface area contributed by atoms with E-state index in [9.17, 15) is 40.7 Å². The molecule has 0 saturated carbocycles. The van der Waals surface area contributed by atoms with Crippen molar-refractivity contribution in [3.05, 3.63) is 53.5 Å². The number of halogens is 6. The third kappa shape index (κ3) is 6.26. The van der Waals surface area contributed by atoms with Crippen molar-refractivity contribution >= 4 is 23.5 Å². The van der Waals surface area contributed by atoms with E-state index >= 15 is 0 Å². The van der Waals surface area contributed by atoms with Crippen molar-refractivity contribution in [1.29, 1.82) is 0 Å². The zero-order valence-electron chi connectivity index (χ0n) is 16.6. The lowest BCUT2D eigenvalue weighted by Gasteiger charge is -2.15. The van der Waals surface area contributed by atoms with Crippen LogP contribution >= 0.6 is 0 Å². The minimum Gasteiger partial charge on any atom is -0.467 e. The fraction of sp³-hybridized carbons (Fsp3) is 0.350. The van der Waals surface area contributed by atoms with Gasteiger partial charge in [0.05, 0.1) is 29.9 Å². The number of carbonyl (C=O) groups is 3. The Morgan fingerprint density at radius 3 is 2.27 bits per heavy atom. The minimum atomic E-state index is -5.08. The van der Waals surface area contributed by atoms with Crippen LogP contribution in [0.5, 0.6) is 0 Å². The number of nitrogens with zero attached hydrogens (tertiary/aromatic N) is 1. The maximum atomic E-state index is 12.9. The molecule has 0 aliphatic carbocycles. The number of amides is 2. The van der Waals surface area contributed by atoms with Gasteiger partial charge in [-0.2, -0.15) is 26.3 Å². The maximum absolute atomic E-state index is 12.9. The number of alkyl halides is 6. The van der Waals surface area contributed by atoms with E-state index < -0.39 is 53.6 Å². The molecule has 0 radical (unpaired) electrons. The van der Waals surface area contributed by atoms with Crippen LogP contribution in [0.2, 0.25) is 0 Å². The molecule has 178 valence electrons. The topological polar surface area (TPSA) is 88.9 Å². The normalized spacial score (nSPS) is 16.7. The molecular weight excluding hydrogens is 462 g/mol. The molecule has 1 aliphatic heterocycles. The van der Waals surface area contributed by atoms with E-state index in [-0.39, 0.29) is 31.5 Å². The van der Waals surface area contributed by atoms with Gasteiger partial charge in [0.2, 0.25) is 5.91 Å². The van der Waals surface area contributed by atoms with E-state index in [1.54, 1.807) is 12.1 Å². The van der Waals surface area contributed by atoms with Crippen molar-refractivity contribution in [1.82, 2.24) is 4.90 Å². The number of rotatable bonds is 6. The van der Waals surface area contributed by atoms with Gasteiger partial charge in [-0.25, -0.2) is 0 Å². The molecule has 1 aliphatic rings. The zero-order valence-corrected chi connectivity index (χ0v) is 16.6. The summed E-state index contributed by atoms with van der Waals surface area (Å²) in [6, 6.07) is 3.85. The van der Waals surface area contributed by atoms with Gasteiger partial charge in [0.25, 0.3) is 5.91 Å².